The zero-order valence-corrected chi connectivity index (χ0v) is 20.2. The van der Waals surface area contributed by atoms with Gasteiger partial charge in [-0.15, -0.1) is 0 Å². The smallest absolute Gasteiger partial charge is 0.266 e. The number of hydrogen-bond donors (Lipinski definition) is 0. The lowest BCUT2D eigenvalue weighted by molar-refractivity contribution is 0.0717. The maximum absolute atomic E-state index is 13.7. The van der Waals surface area contributed by atoms with Gasteiger partial charge >= 0.3 is 0 Å². The van der Waals surface area contributed by atoms with E-state index in [1.807, 2.05) is 55.5 Å². The van der Waals surface area contributed by atoms with Crippen molar-refractivity contribution >= 4 is 32.7 Å². The lowest BCUT2D eigenvalue weighted by atomic mass is 10.1. The van der Waals surface area contributed by atoms with Gasteiger partial charge in [-0.3, -0.25) is 14.2 Å². The van der Waals surface area contributed by atoms with Gasteiger partial charge in [0.15, 0.2) is 0 Å². The zero-order chi connectivity index (χ0) is 23.5. The fraction of sp³-hybridized carbons (Fsp3) is 0.192. The number of hydrogen-bond acceptors (Lipinski definition) is 4. The van der Waals surface area contributed by atoms with Crippen LogP contribution in [0.2, 0.25) is 0 Å². The van der Waals surface area contributed by atoms with Gasteiger partial charge in [-0.25, -0.2) is 4.98 Å². The third-order valence-corrected chi connectivity index (χ3v) is 6.22. The van der Waals surface area contributed by atoms with Crippen LogP contribution in [0.3, 0.4) is 0 Å². The third kappa shape index (κ3) is 4.28. The lowest BCUT2D eigenvalue weighted by Gasteiger charge is -2.29. The molecule has 0 N–H and O–H groups in total. The van der Waals surface area contributed by atoms with Crippen molar-refractivity contribution in [3.63, 3.8) is 0 Å². The highest BCUT2D eigenvalue weighted by molar-refractivity contribution is 9.10. The molecule has 1 atom stereocenters. The summed E-state index contributed by atoms with van der Waals surface area (Å²) >= 11 is 3.41. The number of fused-ring (bicyclic) bond motifs is 1. The zero-order valence-electron chi connectivity index (χ0n) is 18.7. The number of benzene rings is 3. The van der Waals surface area contributed by atoms with E-state index in [1.54, 1.807) is 47.9 Å². The van der Waals surface area contributed by atoms with Crippen LogP contribution in [0.4, 0.5) is 0 Å². The highest BCUT2D eigenvalue weighted by Gasteiger charge is 2.28. The Kier molecular flexibility index (Phi) is 6.60. The van der Waals surface area contributed by atoms with E-state index in [0.29, 0.717) is 40.1 Å². The second-order valence-corrected chi connectivity index (χ2v) is 8.56. The molecule has 6 nitrogen and oxygen atoms in total. The molecule has 0 fully saturated rings. The van der Waals surface area contributed by atoms with E-state index in [9.17, 15) is 9.59 Å². The van der Waals surface area contributed by atoms with Crippen molar-refractivity contribution in [2.75, 3.05) is 14.2 Å². The summed E-state index contributed by atoms with van der Waals surface area (Å²) in [5.41, 5.74) is 1.53. The summed E-state index contributed by atoms with van der Waals surface area (Å²) in [4.78, 5) is 33.5. The standard InChI is InChI=1S/C26H24BrN3O3/c1-4-21(29(2)25(31)17-13-15-18(27)16-14-17)24-28-20-10-6-5-9-19(20)26(32)30(24)22-11-7-8-12-23(22)33-3/h5-16,21H,4H2,1-3H3. The molecule has 0 saturated heterocycles. The van der Waals surface area contributed by atoms with Crippen LogP contribution in [0.15, 0.2) is 82.1 Å². The van der Waals surface area contributed by atoms with E-state index in [-0.39, 0.29) is 11.5 Å². The number of carbonyl (C=O) groups is 1. The van der Waals surface area contributed by atoms with E-state index in [2.05, 4.69) is 15.9 Å². The number of amides is 1. The summed E-state index contributed by atoms with van der Waals surface area (Å²) < 4.78 is 8.02. The van der Waals surface area contributed by atoms with Gasteiger partial charge in [0.2, 0.25) is 0 Å². The number of nitrogens with zero attached hydrogens (tertiary/aromatic N) is 3. The van der Waals surface area contributed by atoms with Gasteiger partial charge in [-0.2, -0.15) is 0 Å². The van der Waals surface area contributed by atoms with Crippen LogP contribution in [0, 0.1) is 0 Å². The molecule has 0 spiro atoms. The number of halogens is 1. The van der Waals surface area contributed by atoms with Gasteiger partial charge < -0.3 is 9.64 Å². The molecular formula is C26H24BrN3O3. The Labute approximate surface area is 200 Å². The predicted molar refractivity (Wildman–Crippen MR) is 133 cm³/mol. The maximum Gasteiger partial charge on any atom is 0.266 e. The molecule has 4 rings (SSSR count). The highest BCUT2D eigenvalue weighted by atomic mass is 79.9. The van der Waals surface area contributed by atoms with Gasteiger partial charge in [-0.05, 0) is 55.0 Å². The van der Waals surface area contributed by atoms with Crippen LogP contribution in [0.1, 0.15) is 35.6 Å². The molecule has 1 amide bonds. The minimum Gasteiger partial charge on any atom is -0.495 e. The molecule has 3 aromatic carbocycles. The average molecular weight is 506 g/mol. The molecule has 33 heavy (non-hydrogen) atoms. The van der Waals surface area contributed by atoms with Gasteiger partial charge in [0.25, 0.3) is 11.5 Å². The molecule has 0 aliphatic heterocycles. The highest BCUT2D eigenvalue weighted by Crippen LogP contribution is 2.29. The molecule has 4 aromatic rings. The normalized spacial score (nSPS) is 11.9. The Morgan fingerprint density at radius 2 is 1.73 bits per heavy atom. The predicted octanol–water partition coefficient (Wildman–Crippen LogP) is 5.38. The fourth-order valence-corrected chi connectivity index (χ4v) is 4.25. The van der Waals surface area contributed by atoms with Crippen LogP contribution in [0.25, 0.3) is 16.6 Å². The van der Waals surface area contributed by atoms with Crippen molar-refractivity contribution in [1.82, 2.24) is 14.5 Å². The monoisotopic (exact) mass is 505 g/mol. The third-order valence-electron chi connectivity index (χ3n) is 5.69. The summed E-state index contributed by atoms with van der Waals surface area (Å²) in [6, 6.07) is 21.3. The summed E-state index contributed by atoms with van der Waals surface area (Å²) in [6.07, 6.45) is 0.568. The second kappa shape index (κ2) is 9.58. The van der Waals surface area contributed by atoms with Gasteiger partial charge in [-0.1, -0.05) is 47.1 Å². The molecule has 7 heteroatoms. The minimum atomic E-state index is -0.441. The lowest BCUT2D eigenvalue weighted by Crippen LogP contribution is -2.36. The first kappa shape index (κ1) is 22.7. The Morgan fingerprint density at radius 3 is 2.42 bits per heavy atom. The van der Waals surface area contributed by atoms with Crippen LogP contribution >= 0.6 is 15.9 Å². The number of aromatic nitrogens is 2. The molecular weight excluding hydrogens is 482 g/mol. The number of methoxy groups -OCH3 is 1. The summed E-state index contributed by atoms with van der Waals surface area (Å²) in [6.45, 7) is 1.98. The number of carbonyl (C=O) groups excluding carboxylic acids is 1. The van der Waals surface area contributed by atoms with Crippen molar-refractivity contribution < 1.29 is 9.53 Å². The first-order chi connectivity index (χ1) is 16.0. The van der Waals surface area contributed by atoms with E-state index in [4.69, 9.17) is 9.72 Å². The quantitative estimate of drug-likeness (QED) is 0.352. The maximum atomic E-state index is 13.7. The molecule has 1 heterocycles. The Morgan fingerprint density at radius 1 is 1.06 bits per heavy atom. The first-order valence-corrected chi connectivity index (χ1v) is 11.4. The largest absolute Gasteiger partial charge is 0.495 e. The van der Waals surface area contributed by atoms with E-state index in [0.717, 1.165) is 4.47 Å². The number of para-hydroxylation sites is 3. The average Bonchev–Trinajstić information content (AvgIpc) is 2.84. The molecule has 0 aliphatic carbocycles. The van der Waals surface area contributed by atoms with Crippen molar-refractivity contribution in [3.05, 3.63) is 99.0 Å². The topological polar surface area (TPSA) is 64.4 Å². The molecule has 1 aromatic heterocycles. The number of rotatable bonds is 6. The van der Waals surface area contributed by atoms with E-state index < -0.39 is 6.04 Å². The molecule has 0 aliphatic rings. The Balaban J connectivity index is 1.93. The molecule has 0 radical (unpaired) electrons. The van der Waals surface area contributed by atoms with Crippen molar-refractivity contribution in [3.8, 4) is 11.4 Å². The number of ether oxygens (including phenoxy) is 1. The molecule has 0 bridgehead atoms. The summed E-state index contributed by atoms with van der Waals surface area (Å²) in [5.74, 6) is 0.886. The molecule has 168 valence electrons. The van der Waals surface area contributed by atoms with Gasteiger partial charge in [0, 0.05) is 17.1 Å². The summed E-state index contributed by atoms with van der Waals surface area (Å²) in [7, 11) is 3.31. The fourth-order valence-electron chi connectivity index (χ4n) is 3.99. The Hall–Kier alpha value is -3.45. The van der Waals surface area contributed by atoms with E-state index >= 15 is 0 Å². The Bertz CT molecular complexity index is 1370. The van der Waals surface area contributed by atoms with Crippen molar-refractivity contribution in [1.29, 1.82) is 0 Å². The second-order valence-electron chi connectivity index (χ2n) is 7.65. The van der Waals surface area contributed by atoms with Crippen LogP contribution < -0.4 is 10.3 Å². The SMILES string of the molecule is CCC(c1nc2ccccc2c(=O)n1-c1ccccc1OC)N(C)C(=O)c1ccc(Br)cc1. The van der Waals surface area contributed by atoms with Crippen LogP contribution in [-0.2, 0) is 0 Å². The first-order valence-electron chi connectivity index (χ1n) is 10.6. The minimum absolute atomic E-state index is 0.150. The van der Waals surface area contributed by atoms with E-state index in [1.165, 1.54) is 0 Å². The van der Waals surface area contributed by atoms with Gasteiger partial charge in [0.05, 0.1) is 29.7 Å². The van der Waals surface area contributed by atoms with Crippen LogP contribution in [-0.4, -0.2) is 34.5 Å². The van der Waals surface area contributed by atoms with Crippen LogP contribution in [0.5, 0.6) is 5.75 Å². The van der Waals surface area contributed by atoms with Gasteiger partial charge in [0.1, 0.15) is 11.6 Å². The van der Waals surface area contributed by atoms with Crippen molar-refractivity contribution in [2.24, 2.45) is 0 Å². The molecule has 0 saturated carbocycles. The molecule has 1 unspecified atom stereocenters. The summed E-state index contributed by atoms with van der Waals surface area (Å²) in [5, 5.41) is 0.504. The van der Waals surface area contributed by atoms with Crippen molar-refractivity contribution in [2.45, 2.75) is 19.4 Å².